The van der Waals surface area contributed by atoms with Crippen molar-refractivity contribution in [3.8, 4) is 0 Å². The number of carbonyl (C=O) groups excluding carboxylic acids is 4. The summed E-state index contributed by atoms with van der Waals surface area (Å²) < 4.78 is 11.3. The third-order valence-electron chi connectivity index (χ3n) is 7.97. The summed E-state index contributed by atoms with van der Waals surface area (Å²) in [6, 6.07) is 20.9. The highest BCUT2D eigenvalue weighted by atomic mass is 16.6. The van der Waals surface area contributed by atoms with Gasteiger partial charge in [-0.25, -0.2) is 9.59 Å². The predicted molar refractivity (Wildman–Crippen MR) is 196 cm³/mol. The van der Waals surface area contributed by atoms with Crippen molar-refractivity contribution >= 4 is 23.9 Å². The van der Waals surface area contributed by atoms with Crippen LogP contribution in [0.25, 0.3) is 0 Å². The first-order chi connectivity index (χ1) is 23.4. The van der Waals surface area contributed by atoms with Gasteiger partial charge < -0.3 is 25.0 Å². The molecule has 4 atom stereocenters. The number of esters is 1. The van der Waals surface area contributed by atoms with Crippen molar-refractivity contribution in [1.29, 1.82) is 0 Å². The van der Waals surface area contributed by atoms with Crippen molar-refractivity contribution in [2.24, 2.45) is 0 Å². The molecule has 0 fully saturated rings. The Kier molecular flexibility index (Phi) is 13.8. The minimum Gasteiger partial charge on any atom is -0.458 e. The summed E-state index contributed by atoms with van der Waals surface area (Å²) in [4.78, 5) is 58.0. The Hall–Kier alpha value is -4.66. The summed E-state index contributed by atoms with van der Waals surface area (Å²) in [6.07, 6.45) is 0.136. The van der Waals surface area contributed by atoms with Gasteiger partial charge in [0.25, 0.3) is 0 Å². The summed E-state index contributed by atoms with van der Waals surface area (Å²) >= 11 is 0. The molecule has 2 N–H and O–H groups in total. The lowest BCUT2D eigenvalue weighted by Crippen LogP contribution is -2.57. The maximum atomic E-state index is 14.9. The lowest BCUT2D eigenvalue weighted by molar-refractivity contribution is -0.159. The molecule has 9 nitrogen and oxygen atoms in total. The lowest BCUT2D eigenvalue weighted by Gasteiger charge is -2.39. The average Bonchev–Trinajstić information content (AvgIpc) is 3.01. The highest BCUT2D eigenvalue weighted by molar-refractivity contribution is 5.94. The summed E-state index contributed by atoms with van der Waals surface area (Å²) in [7, 11) is 0. The van der Waals surface area contributed by atoms with Crippen LogP contribution in [0, 0.1) is 13.8 Å². The van der Waals surface area contributed by atoms with Gasteiger partial charge in [0.05, 0.1) is 0 Å². The molecule has 9 heteroatoms. The fraction of sp³-hybridized carbons (Fsp3) is 0.463. The fourth-order valence-electron chi connectivity index (χ4n) is 5.75. The Morgan fingerprint density at radius 1 is 0.700 bits per heavy atom. The van der Waals surface area contributed by atoms with E-state index in [0.717, 1.165) is 22.3 Å². The van der Waals surface area contributed by atoms with Crippen LogP contribution in [-0.2, 0) is 36.7 Å². The van der Waals surface area contributed by atoms with Crippen LogP contribution in [0.2, 0.25) is 0 Å². The van der Waals surface area contributed by atoms with Gasteiger partial charge in [0.15, 0.2) is 0 Å². The zero-order valence-corrected chi connectivity index (χ0v) is 31.3. The topological polar surface area (TPSA) is 114 Å². The molecule has 50 heavy (non-hydrogen) atoms. The lowest BCUT2D eigenvalue weighted by atomic mass is 9.95. The van der Waals surface area contributed by atoms with Gasteiger partial charge in [0.2, 0.25) is 11.8 Å². The zero-order valence-electron chi connectivity index (χ0n) is 31.3. The summed E-state index contributed by atoms with van der Waals surface area (Å²) in [5.74, 6) is -1.57. The summed E-state index contributed by atoms with van der Waals surface area (Å²) in [6.45, 7) is 18.3. The van der Waals surface area contributed by atoms with Crippen LogP contribution in [0.1, 0.15) is 95.7 Å². The van der Waals surface area contributed by atoms with E-state index in [-0.39, 0.29) is 12.8 Å². The monoisotopic (exact) mass is 685 g/mol. The number of nitrogens with one attached hydrogen (secondary N) is 2. The first-order valence-corrected chi connectivity index (χ1v) is 17.4. The highest BCUT2D eigenvalue weighted by Crippen LogP contribution is 2.29. The van der Waals surface area contributed by atoms with E-state index in [4.69, 9.17) is 9.47 Å². The van der Waals surface area contributed by atoms with Gasteiger partial charge in [0, 0.05) is 18.9 Å². The molecule has 0 heterocycles. The third kappa shape index (κ3) is 12.3. The normalized spacial score (nSPS) is 14.0. The number of ether oxygens (including phenoxy) is 2. The van der Waals surface area contributed by atoms with E-state index >= 15 is 0 Å². The quantitative estimate of drug-likeness (QED) is 0.184. The van der Waals surface area contributed by atoms with E-state index in [1.165, 1.54) is 0 Å². The molecule has 0 aliphatic rings. The molecule has 4 unspecified atom stereocenters. The van der Waals surface area contributed by atoms with Crippen LogP contribution in [0.5, 0.6) is 0 Å². The first kappa shape index (κ1) is 39.8. The van der Waals surface area contributed by atoms with Gasteiger partial charge in [-0.15, -0.1) is 0 Å². The minimum absolute atomic E-state index is 0.168. The van der Waals surface area contributed by atoms with Gasteiger partial charge in [-0.1, -0.05) is 96.9 Å². The van der Waals surface area contributed by atoms with Crippen LogP contribution in [0.4, 0.5) is 4.79 Å². The third-order valence-corrected chi connectivity index (χ3v) is 7.97. The molecule has 0 saturated carbocycles. The molecule has 0 radical (unpaired) electrons. The van der Waals surface area contributed by atoms with Gasteiger partial charge in [-0.3, -0.25) is 9.59 Å². The van der Waals surface area contributed by atoms with Crippen LogP contribution in [0.15, 0.2) is 78.9 Å². The van der Waals surface area contributed by atoms with E-state index in [1.54, 1.807) is 46.4 Å². The van der Waals surface area contributed by atoms with Crippen LogP contribution < -0.4 is 10.6 Å². The van der Waals surface area contributed by atoms with Gasteiger partial charge in [0.1, 0.15) is 29.3 Å². The van der Waals surface area contributed by atoms with Crippen molar-refractivity contribution in [2.45, 2.75) is 124 Å². The number of hydrogen-bond acceptors (Lipinski definition) is 6. The fourth-order valence-corrected chi connectivity index (χ4v) is 5.75. The van der Waals surface area contributed by atoms with Gasteiger partial charge in [-0.2, -0.15) is 0 Å². The molecular formula is C41H55N3O6. The molecule has 0 aromatic heterocycles. The largest absolute Gasteiger partial charge is 0.458 e. The first-order valence-electron chi connectivity index (χ1n) is 17.4. The standard InChI is InChI=1S/C41H55N3O6/c1-11-29(4)44(37(46)33(25-30-18-14-12-15-19-30)43-39(48)50-41(8,9)10)35(32-23-27(2)22-28(3)24-32)36(45)42-34(38(47)49-40(5,6)7)26-31-20-16-13-17-21-31/h12-24,29,33-35H,11,25-26H2,1-10H3,(H,42,45)(H,43,48). The SMILES string of the molecule is CCC(C)N(C(=O)C(Cc1ccccc1)NC(=O)OC(C)(C)C)C(C(=O)NC(Cc1ccccc1)C(=O)OC(C)(C)C)c1cc(C)cc(C)c1. The molecule has 0 saturated heterocycles. The number of alkyl carbamates (subject to hydrolysis) is 1. The Labute approximate surface area is 298 Å². The molecule has 3 aromatic carbocycles. The molecule has 3 rings (SSSR count). The average molecular weight is 686 g/mol. The molecule has 0 spiro atoms. The zero-order chi connectivity index (χ0) is 37.2. The molecular weight excluding hydrogens is 630 g/mol. The smallest absolute Gasteiger partial charge is 0.408 e. The minimum atomic E-state index is -1.14. The van der Waals surface area contributed by atoms with Gasteiger partial charge >= 0.3 is 12.1 Å². The number of hydrogen-bond donors (Lipinski definition) is 2. The van der Waals surface area contributed by atoms with Crippen molar-refractivity contribution in [3.05, 3.63) is 107 Å². The maximum Gasteiger partial charge on any atom is 0.408 e. The van der Waals surface area contributed by atoms with E-state index < -0.39 is 59.2 Å². The van der Waals surface area contributed by atoms with Crippen LogP contribution in [-0.4, -0.2) is 58.1 Å². The molecule has 0 aliphatic heterocycles. The van der Waals surface area contributed by atoms with E-state index in [1.807, 2.05) is 107 Å². The number of rotatable bonds is 13. The molecule has 270 valence electrons. The predicted octanol–water partition coefficient (Wildman–Crippen LogP) is 7.18. The molecule has 3 amide bonds. The van der Waals surface area contributed by atoms with Gasteiger partial charge in [-0.05, 0) is 85.4 Å². The van der Waals surface area contributed by atoms with Crippen molar-refractivity contribution in [2.75, 3.05) is 0 Å². The second kappa shape index (κ2) is 17.3. The number of aryl methyl sites for hydroxylation is 2. The van der Waals surface area contributed by atoms with Crippen molar-refractivity contribution in [3.63, 3.8) is 0 Å². The second-order valence-electron chi connectivity index (χ2n) is 15.0. The maximum absolute atomic E-state index is 14.9. The Morgan fingerprint density at radius 2 is 1.18 bits per heavy atom. The number of carbonyl (C=O) groups is 4. The number of benzene rings is 3. The summed E-state index contributed by atoms with van der Waals surface area (Å²) in [5, 5.41) is 5.79. The van der Waals surface area contributed by atoms with Crippen molar-refractivity contribution in [1.82, 2.24) is 15.5 Å². The van der Waals surface area contributed by atoms with Crippen LogP contribution >= 0.6 is 0 Å². The van der Waals surface area contributed by atoms with E-state index in [9.17, 15) is 19.2 Å². The highest BCUT2D eigenvalue weighted by Gasteiger charge is 2.40. The molecule has 0 bridgehead atoms. The summed E-state index contributed by atoms with van der Waals surface area (Å²) in [5.41, 5.74) is 2.49. The second-order valence-corrected chi connectivity index (χ2v) is 15.0. The number of amides is 3. The Balaban J connectivity index is 2.15. The molecule has 3 aromatic rings. The van der Waals surface area contributed by atoms with Crippen molar-refractivity contribution < 1.29 is 28.7 Å². The Bertz CT molecular complexity index is 1570. The van der Waals surface area contributed by atoms with E-state index in [0.29, 0.717) is 12.0 Å². The molecule has 0 aliphatic carbocycles. The Morgan fingerprint density at radius 3 is 1.64 bits per heavy atom. The van der Waals surface area contributed by atoms with Crippen LogP contribution in [0.3, 0.4) is 0 Å². The van der Waals surface area contributed by atoms with E-state index in [2.05, 4.69) is 10.6 Å². The number of nitrogens with zero attached hydrogens (tertiary/aromatic N) is 1.